The van der Waals surface area contributed by atoms with Crippen molar-refractivity contribution >= 4 is 17.7 Å². The van der Waals surface area contributed by atoms with Gasteiger partial charge in [-0.15, -0.1) is 11.8 Å². The maximum Gasteiger partial charge on any atom is 0.230 e. The van der Waals surface area contributed by atoms with E-state index in [2.05, 4.69) is 29.7 Å². The van der Waals surface area contributed by atoms with Crippen molar-refractivity contribution in [2.75, 3.05) is 18.8 Å². The van der Waals surface area contributed by atoms with Crippen LogP contribution in [0.3, 0.4) is 0 Å². The molecule has 1 fully saturated rings. The van der Waals surface area contributed by atoms with Crippen molar-refractivity contribution in [3.05, 3.63) is 35.4 Å². The molecule has 1 amide bonds. The highest BCUT2D eigenvalue weighted by molar-refractivity contribution is 8.00. The van der Waals surface area contributed by atoms with E-state index in [0.717, 1.165) is 13.1 Å². The number of amides is 1. The van der Waals surface area contributed by atoms with Crippen LogP contribution in [0.1, 0.15) is 24.0 Å². The number of carbonyl (C=O) groups excluding carboxylic acids is 1. The molecule has 0 aliphatic carbocycles. The number of carbonyl (C=O) groups is 1. The average molecular weight is 278 g/mol. The van der Waals surface area contributed by atoms with E-state index in [1.165, 1.54) is 24.0 Å². The summed E-state index contributed by atoms with van der Waals surface area (Å²) >= 11 is 1.79. The molecule has 1 aliphatic rings. The van der Waals surface area contributed by atoms with E-state index in [1.54, 1.807) is 11.8 Å². The third-order valence-electron chi connectivity index (χ3n) is 3.47. The molecule has 0 bridgehead atoms. The van der Waals surface area contributed by atoms with Crippen molar-refractivity contribution in [3.63, 3.8) is 0 Å². The Balaban J connectivity index is 1.68. The van der Waals surface area contributed by atoms with Crippen molar-refractivity contribution in [2.24, 2.45) is 0 Å². The molecule has 0 saturated carbocycles. The Kier molecular flexibility index (Phi) is 5.73. The molecule has 0 atom stereocenters. The van der Waals surface area contributed by atoms with Crippen LogP contribution in [0.4, 0.5) is 0 Å². The lowest BCUT2D eigenvalue weighted by molar-refractivity contribution is -0.118. The van der Waals surface area contributed by atoms with Crippen LogP contribution in [-0.2, 0) is 11.3 Å². The standard InChI is InChI=1S/C15H22N2OS/c1-12-4-2-3-5-13(12)10-17-15(18)11-19-14-6-8-16-9-7-14/h2-5,14,16H,6-11H2,1H3,(H,17,18). The molecule has 4 heteroatoms. The predicted molar refractivity (Wildman–Crippen MR) is 81.4 cm³/mol. The summed E-state index contributed by atoms with van der Waals surface area (Å²) in [7, 11) is 0. The van der Waals surface area contributed by atoms with Crippen LogP contribution in [0, 0.1) is 6.92 Å². The van der Waals surface area contributed by atoms with E-state index in [-0.39, 0.29) is 5.91 Å². The van der Waals surface area contributed by atoms with Gasteiger partial charge in [0, 0.05) is 11.8 Å². The van der Waals surface area contributed by atoms with Crippen LogP contribution < -0.4 is 10.6 Å². The van der Waals surface area contributed by atoms with Crippen molar-refractivity contribution in [2.45, 2.75) is 31.6 Å². The lowest BCUT2D eigenvalue weighted by Gasteiger charge is -2.21. The Morgan fingerprint density at radius 1 is 1.37 bits per heavy atom. The molecule has 0 aromatic heterocycles. The number of hydrogen-bond donors (Lipinski definition) is 2. The molecule has 1 heterocycles. The van der Waals surface area contributed by atoms with Gasteiger partial charge in [-0.25, -0.2) is 0 Å². The number of rotatable bonds is 5. The Hall–Kier alpha value is -1.000. The van der Waals surface area contributed by atoms with Crippen LogP contribution in [0.2, 0.25) is 0 Å². The highest BCUT2D eigenvalue weighted by Gasteiger charge is 2.14. The first-order valence-electron chi connectivity index (χ1n) is 6.89. The molecule has 19 heavy (non-hydrogen) atoms. The topological polar surface area (TPSA) is 41.1 Å². The van der Waals surface area contributed by atoms with Crippen LogP contribution in [0.15, 0.2) is 24.3 Å². The largest absolute Gasteiger partial charge is 0.351 e. The maximum absolute atomic E-state index is 11.8. The van der Waals surface area contributed by atoms with Crippen molar-refractivity contribution in [1.29, 1.82) is 0 Å². The molecule has 0 unspecified atom stereocenters. The number of hydrogen-bond acceptors (Lipinski definition) is 3. The van der Waals surface area contributed by atoms with Crippen LogP contribution in [0.25, 0.3) is 0 Å². The van der Waals surface area contributed by atoms with E-state index in [4.69, 9.17) is 0 Å². The van der Waals surface area contributed by atoms with Gasteiger partial charge >= 0.3 is 0 Å². The second-order valence-electron chi connectivity index (χ2n) is 4.96. The number of nitrogens with one attached hydrogen (secondary N) is 2. The van der Waals surface area contributed by atoms with Crippen LogP contribution >= 0.6 is 11.8 Å². The first-order valence-corrected chi connectivity index (χ1v) is 7.94. The fourth-order valence-electron chi connectivity index (χ4n) is 2.21. The zero-order chi connectivity index (χ0) is 13.5. The van der Waals surface area contributed by atoms with Gasteiger partial charge in [-0.05, 0) is 44.0 Å². The van der Waals surface area contributed by atoms with Gasteiger partial charge in [0.05, 0.1) is 5.75 Å². The molecule has 1 aromatic carbocycles. The summed E-state index contributed by atoms with van der Waals surface area (Å²) in [5.41, 5.74) is 2.43. The Labute approximate surface area is 119 Å². The van der Waals surface area contributed by atoms with Crippen LogP contribution in [-0.4, -0.2) is 30.0 Å². The zero-order valence-electron chi connectivity index (χ0n) is 11.4. The van der Waals surface area contributed by atoms with Gasteiger partial charge in [-0.1, -0.05) is 24.3 Å². The summed E-state index contributed by atoms with van der Waals surface area (Å²) in [6.07, 6.45) is 2.35. The van der Waals surface area contributed by atoms with E-state index in [0.29, 0.717) is 17.5 Å². The summed E-state index contributed by atoms with van der Waals surface area (Å²) in [5.74, 6) is 0.725. The molecule has 1 aliphatic heterocycles. The van der Waals surface area contributed by atoms with Gasteiger partial charge in [-0.2, -0.15) is 0 Å². The molecule has 0 radical (unpaired) electrons. The van der Waals surface area contributed by atoms with Crippen molar-refractivity contribution in [1.82, 2.24) is 10.6 Å². The highest BCUT2D eigenvalue weighted by atomic mass is 32.2. The molecular formula is C15H22N2OS. The lowest BCUT2D eigenvalue weighted by atomic mass is 10.1. The number of benzene rings is 1. The molecule has 3 nitrogen and oxygen atoms in total. The van der Waals surface area contributed by atoms with Gasteiger partial charge in [0.1, 0.15) is 0 Å². The predicted octanol–water partition coefficient (Wildman–Crippen LogP) is 2.10. The Bertz CT molecular complexity index is 416. The minimum absolute atomic E-state index is 0.145. The fourth-order valence-corrected chi connectivity index (χ4v) is 3.27. The fraction of sp³-hybridized carbons (Fsp3) is 0.533. The van der Waals surface area contributed by atoms with E-state index < -0.39 is 0 Å². The minimum atomic E-state index is 0.145. The van der Waals surface area contributed by atoms with Gasteiger partial charge in [0.15, 0.2) is 0 Å². The SMILES string of the molecule is Cc1ccccc1CNC(=O)CSC1CCNCC1. The third kappa shape index (κ3) is 4.88. The quantitative estimate of drug-likeness (QED) is 0.866. The van der Waals surface area contributed by atoms with Gasteiger partial charge < -0.3 is 10.6 Å². The average Bonchev–Trinajstić information content (AvgIpc) is 2.45. The van der Waals surface area contributed by atoms with E-state index in [1.807, 2.05) is 12.1 Å². The number of aryl methyl sites for hydroxylation is 1. The summed E-state index contributed by atoms with van der Waals surface area (Å²) < 4.78 is 0. The van der Waals surface area contributed by atoms with Gasteiger partial charge in [0.2, 0.25) is 5.91 Å². The van der Waals surface area contributed by atoms with Gasteiger partial charge in [-0.3, -0.25) is 4.79 Å². The Morgan fingerprint density at radius 3 is 2.84 bits per heavy atom. The molecule has 0 spiro atoms. The molecule has 2 rings (SSSR count). The monoisotopic (exact) mass is 278 g/mol. The number of thioether (sulfide) groups is 1. The molecule has 1 saturated heterocycles. The summed E-state index contributed by atoms with van der Waals surface area (Å²) in [5, 5.41) is 6.99. The second-order valence-corrected chi connectivity index (χ2v) is 6.25. The maximum atomic E-state index is 11.8. The lowest BCUT2D eigenvalue weighted by Crippen LogP contribution is -2.31. The summed E-state index contributed by atoms with van der Waals surface area (Å²) in [6.45, 7) is 4.88. The first kappa shape index (κ1) is 14.4. The third-order valence-corrected chi connectivity index (χ3v) is 4.85. The molecule has 1 aromatic rings. The second kappa shape index (κ2) is 7.56. The highest BCUT2D eigenvalue weighted by Crippen LogP contribution is 2.19. The molecular weight excluding hydrogens is 256 g/mol. The summed E-state index contributed by atoms with van der Waals surface area (Å²) in [4.78, 5) is 11.8. The van der Waals surface area contributed by atoms with Crippen molar-refractivity contribution < 1.29 is 4.79 Å². The van der Waals surface area contributed by atoms with E-state index in [9.17, 15) is 4.79 Å². The zero-order valence-corrected chi connectivity index (χ0v) is 12.3. The van der Waals surface area contributed by atoms with E-state index >= 15 is 0 Å². The first-order chi connectivity index (χ1) is 9.25. The summed E-state index contributed by atoms with van der Waals surface area (Å²) in [6, 6.07) is 8.17. The van der Waals surface area contributed by atoms with Crippen LogP contribution in [0.5, 0.6) is 0 Å². The number of piperidine rings is 1. The molecule has 2 N–H and O–H groups in total. The Morgan fingerprint density at radius 2 is 2.11 bits per heavy atom. The van der Waals surface area contributed by atoms with Crippen molar-refractivity contribution in [3.8, 4) is 0 Å². The smallest absolute Gasteiger partial charge is 0.230 e. The minimum Gasteiger partial charge on any atom is -0.351 e. The molecule has 104 valence electrons. The van der Waals surface area contributed by atoms with Gasteiger partial charge in [0.25, 0.3) is 0 Å². The normalized spacial score (nSPS) is 16.3.